The fourth-order valence-corrected chi connectivity index (χ4v) is 1.38. The normalized spacial score (nSPS) is 10.1. The number of hydrogen-bond donors (Lipinski definition) is 2. The predicted molar refractivity (Wildman–Crippen MR) is 67.6 cm³/mol. The molecule has 7 nitrogen and oxygen atoms in total. The number of nitro groups is 1. The second kappa shape index (κ2) is 4.66. The maximum atomic E-state index is 10.6. The molecule has 0 saturated carbocycles. The summed E-state index contributed by atoms with van der Waals surface area (Å²) in [6.45, 7) is 1.88. The molecule has 0 aliphatic heterocycles. The Kier molecular flexibility index (Phi) is 3.05. The van der Waals surface area contributed by atoms with Crippen LogP contribution in [0.15, 0.2) is 30.5 Å². The van der Waals surface area contributed by atoms with Gasteiger partial charge in [-0.1, -0.05) is 0 Å². The summed E-state index contributed by atoms with van der Waals surface area (Å²) >= 11 is 0. The molecule has 7 heteroatoms. The van der Waals surface area contributed by atoms with Crippen molar-refractivity contribution in [2.24, 2.45) is 0 Å². The molecule has 0 spiro atoms. The number of rotatable bonds is 3. The highest BCUT2D eigenvalue weighted by Crippen LogP contribution is 2.22. The molecule has 0 aliphatic rings. The molecular weight excluding hydrogens is 234 g/mol. The van der Waals surface area contributed by atoms with E-state index < -0.39 is 4.92 Å². The number of aromatic nitrogens is 2. The summed E-state index contributed by atoms with van der Waals surface area (Å²) in [7, 11) is 0. The maximum Gasteiger partial charge on any atom is 0.311 e. The zero-order valence-corrected chi connectivity index (χ0v) is 9.62. The zero-order valence-electron chi connectivity index (χ0n) is 9.62. The van der Waals surface area contributed by atoms with Crippen molar-refractivity contribution in [3.63, 3.8) is 0 Å². The fourth-order valence-electron chi connectivity index (χ4n) is 1.38. The highest BCUT2D eigenvalue weighted by Gasteiger charge is 2.12. The average molecular weight is 245 g/mol. The van der Waals surface area contributed by atoms with Crippen LogP contribution in [-0.4, -0.2) is 14.9 Å². The van der Waals surface area contributed by atoms with E-state index in [2.05, 4.69) is 15.3 Å². The van der Waals surface area contributed by atoms with E-state index in [1.807, 2.05) is 19.1 Å². The monoisotopic (exact) mass is 245 g/mol. The molecule has 18 heavy (non-hydrogen) atoms. The minimum atomic E-state index is -0.570. The van der Waals surface area contributed by atoms with Crippen molar-refractivity contribution in [3.8, 4) is 0 Å². The summed E-state index contributed by atoms with van der Waals surface area (Å²) in [6, 6.07) is 6.49. The van der Waals surface area contributed by atoms with Crippen LogP contribution in [0.1, 0.15) is 5.69 Å². The number of anilines is 3. The van der Waals surface area contributed by atoms with Gasteiger partial charge in [0, 0.05) is 11.8 Å². The van der Waals surface area contributed by atoms with E-state index in [1.54, 1.807) is 6.20 Å². The Bertz CT molecular complexity index is 582. The number of nitrogens with zero attached hydrogens (tertiary/aromatic N) is 3. The van der Waals surface area contributed by atoms with Gasteiger partial charge in [-0.05, 0) is 25.1 Å². The van der Waals surface area contributed by atoms with Gasteiger partial charge in [0.1, 0.15) is 5.82 Å². The molecule has 0 fully saturated rings. The molecule has 0 unspecified atom stereocenters. The third-order valence-electron chi connectivity index (χ3n) is 2.28. The van der Waals surface area contributed by atoms with Crippen molar-refractivity contribution in [2.75, 3.05) is 11.1 Å². The second-order valence-electron chi connectivity index (χ2n) is 3.67. The molecule has 0 radical (unpaired) electrons. The number of aryl methyl sites for hydroxylation is 1. The summed E-state index contributed by atoms with van der Waals surface area (Å²) in [4.78, 5) is 18.0. The van der Waals surface area contributed by atoms with Crippen molar-refractivity contribution in [1.29, 1.82) is 0 Å². The van der Waals surface area contributed by atoms with Crippen LogP contribution < -0.4 is 11.1 Å². The van der Waals surface area contributed by atoms with Crippen LogP contribution in [0.25, 0.3) is 0 Å². The van der Waals surface area contributed by atoms with Crippen molar-refractivity contribution >= 4 is 23.0 Å². The van der Waals surface area contributed by atoms with Crippen LogP contribution in [0.3, 0.4) is 0 Å². The molecule has 0 saturated heterocycles. The Morgan fingerprint density at radius 2 is 2.11 bits per heavy atom. The highest BCUT2D eigenvalue weighted by atomic mass is 16.6. The summed E-state index contributed by atoms with van der Waals surface area (Å²) in [5.74, 6) is 0.314. The molecule has 2 aromatic rings. The van der Waals surface area contributed by atoms with Crippen molar-refractivity contribution < 1.29 is 4.92 Å². The third-order valence-corrected chi connectivity index (χ3v) is 2.28. The minimum absolute atomic E-state index is 0.120. The molecule has 92 valence electrons. The summed E-state index contributed by atoms with van der Waals surface area (Å²) < 4.78 is 0. The van der Waals surface area contributed by atoms with Crippen molar-refractivity contribution in [1.82, 2.24) is 9.97 Å². The Morgan fingerprint density at radius 3 is 2.67 bits per heavy atom. The van der Waals surface area contributed by atoms with Crippen LogP contribution >= 0.6 is 0 Å². The molecule has 0 aliphatic carbocycles. The molecule has 2 heterocycles. The van der Waals surface area contributed by atoms with Crippen molar-refractivity contribution in [3.05, 3.63) is 46.3 Å². The lowest BCUT2D eigenvalue weighted by atomic mass is 10.3. The molecular formula is C11H11N5O2. The third kappa shape index (κ3) is 2.51. The summed E-state index contributed by atoms with van der Waals surface area (Å²) in [6.07, 6.45) is 1.65. The first-order valence-corrected chi connectivity index (χ1v) is 5.17. The van der Waals surface area contributed by atoms with E-state index in [4.69, 9.17) is 5.73 Å². The van der Waals surface area contributed by atoms with Crippen LogP contribution in [0.4, 0.5) is 23.0 Å². The lowest BCUT2D eigenvalue weighted by Gasteiger charge is -2.06. The second-order valence-corrected chi connectivity index (χ2v) is 3.67. The van der Waals surface area contributed by atoms with Crippen LogP contribution in [-0.2, 0) is 0 Å². The largest absolute Gasteiger partial charge is 0.378 e. The number of nitrogens with one attached hydrogen (secondary N) is 1. The molecule has 0 amide bonds. The maximum absolute atomic E-state index is 10.6. The number of pyridine rings is 2. The van der Waals surface area contributed by atoms with E-state index in [-0.39, 0.29) is 11.5 Å². The number of nitrogens with two attached hydrogens (primary N) is 1. The van der Waals surface area contributed by atoms with Gasteiger partial charge < -0.3 is 11.1 Å². The van der Waals surface area contributed by atoms with Gasteiger partial charge in [-0.3, -0.25) is 15.1 Å². The minimum Gasteiger partial charge on any atom is -0.378 e. The Hall–Kier alpha value is -2.70. The van der Waals surface area contributed by atoms with Gasteiger partial charge in [0.2, 0.25) is 5.82 Å². The average Bonchev–Trinajstić information content (AvgIpc) is 2.32. The van der Waals surface area contributed by atoms with E-state index in [9.17, 15) is 10.1 Å². The Balaban J connectivity index is 2.22. The number of nitrogen functional groups attached to an aromatic ring is 1. The van der Waals surface area contributed by atoms with Gasteiger partial charge in [-0.15, -0.1) is 0 Å². The highest BCUT2D eigenvalue weighted by molar-refractivity contribution is 5.62. The van der Waals surface area contributed by atoms with E-state index in [0.717, 1.165) is 11.4 Å². The van der Waals surface area contributed by atoms with E-state index in [0.29, 0.717) is 5.82 Å². The first kappa shape index (κ1) is 11.8. The van der Waals surface area contributed by atoms with E-state index in [1.165, 1.54) is 12.1 Å². The van der Waals surface area contributed by atoms with Gasteiger partial charge >= 0.3 is 5.69 Å². The van der Waals surface area contributed by atoms with Gasteiger partial charge in [0.15, 0.2) is 0 Å². The van der Waals surface area contributed by atoms with E-state index >= 15 is 0 Å². The quantitative estimate of drug-likeness (QED) is 0.632. The summed E-state index contributed by atoms with van der Waals surface area (Å²) in [5.41, 5.74) is 6.92. The standard InChI is InChI=1S/C11H11N5O2/c1-7-2-3-8(6-13-7)14-10-5-4-9(16(17)18)11(12)15-10/h2-6H,1H3,(H3,12,14,15). The van der Waals surface area contributed by atoms with Gasteiger partial charge in [0.05, 0.1) is 16.8 Å². The van der Waals surface area contributed by atoms with Crippen molar-refractivity contribution in [2.45, 2.75) is 6.92 Å². The van der Waals surface area contributed by atoms with Crippen LogP contribution in [0.2, 0.25) is 0 Å². The molecule has 3 N–H and O–H groups in total. The van der Waals surface area contributed by atoms with Gasteiger partial charge in [-0.25, -0.2) is 4.98 Å². The Morgan fingerprint density at radius 1 is 1.33 bits per heavy atom. The number of hydrogen-bond acceptors (Lipinski definition) is 6. The van der Waals surface area contributed by atoms with Gasteiger partial charge in [-0.2, -0.15) is 0 Å². The smallest absolute Gasteiger partial charge is 0.311 e. The first-order valence-electron chi connectivity index (χ1n) is 5.17. The molecule has 0 aromatic carbocycles. The fraction of sp³-hybridized carbons (Fsp3) is 0.0909. The topological polar surface area (TPSA) is 107 Å². The molecule has 2 rings (SSSR count). The van der Waals surface area contributed by atoms with Crippen LogP contribution in [0.5, 0.6) is 0 Å². The predicted octanol–water partition coefficient (Wildman–Crippen LogP) is 2.02. The summed E-state index contributed by atoms with van der Waals surface area (Å²) in [5, 5.41) is 13.5. The lowest BCUT2D eigenvalue weighted by molar-refractivity contribution is -0.384. The first-order chi connectivity index (χ1) is 8.56. The molecule has 0 bridgehead atoms. The zero-order chi connectivity index (χ0) is 13.1. The SMILES string of the molecule is Cc1ccc(Nc2ccc([N+](=O)[O-])c(N)n2)cn1. The van der Waals surface area contributed by atoms with Gasteiger partial charge in [0.25, 0.3) is 0 Å². The molecule has 2 aromatic heterocycles. The lowest BCUT2D eigenvalue weighted by Crippen LogP contribution is -2.01. The Labute approximate surface area is 103 Å². The molecule has 0 atom stereocenters. The van der Waals surface area contributed by atoms with Crippen LogP contribution in [0, 0.1) is 17.0 Å².